The van der Waals surface area contributed by atoms with E-state index in [1.807, 2.05) is 0 Å². The summed E-state index contributed by atoms with van der Waals surface area (Å²) in [6.07, 6.45) is 6.83. The smallest absolute Gasteiger partial charge is 0.191 e. The largest absolute Gasteiger partial charge is 0.356 e. The number of guanidine groups is 1. The Morgan fingerprint density at radius 3 is 2.52 bits per heavy atom. The van der Waals surface area contributed by atoms with E-state index in [9.17, 15) is 8.42 Å². The predicted octanol–water partition coefficient (Wildman–Crippen LogP) is 1.93. The van der Waals surface area contributed by atoms with Gasteiger partial charge in [-0.05, 0) is 31.6 Å². The maximum atomic E-state index is 11.5. The van der Waals surface area contributed by atoms with E-state index in [1.165, 1.54) is 25.7 Å². The van der Waals surface area contributed by atoms with Gasteiger partial charge in [-0.3, -0.25) is 4.99 Å². The first-order valence-electron chi connectivity index (χ1n) is 7.84. The van der Waals surface area contributed by atoms with Crippen molar-refractivity contribution in [2.75, 3.05) is 24.6 Å². The Bertz CT molecular complexity index is 434. The lowest BCUT2D eigenvalue weighted by atomic mass is 10.1. The van der Waals surface area contributed by atoms with Crippen molar-refractivity contribution in [3.63, 3.8) is 0 Å². The standard InChI is InChI=1S/C14H27N3O2S.HI/c1-2-8-15-14(17-13-5-3-4-6-13)16-10-12-7-9-20(18,19)11-12;/h12-13H,2-11H2,1H3,(H2,15,16,17);1H. The SMILES string of the molecule is CCCNC(=NCC1CCS(=O)(=O)C1)NC1CCCC1.I. The number of nitrogens with zero attached hydrogens (tertiary/aromatic N) is 1. The number of aliphatic imine (C=N–C) groups is 1. The van der Waals surface area contributed by atoms with Crippen molar-refractivity contribution in [3.05, 3.63) is 0 Å². The van der Waals surface area contributed by atoms with Gasteiger partial charge in [-0.25, -0.2) is 8.42 Å². The predicted molar refractivity (Wildman–Crippen MR) is 98.2 cm³/mol. The number of sulfone groups is 1. The third-order valence-corrected chi connectivity index (χ3v) is 5.91. The highest BCUT2D eigenvalue weighted by Crippen LogP contribution is 2.19. The molecule has 1 saturated carbocycles. The van der Waals surface area contributed by atoms with E-state index in [2.05, 4.69) is 22.5 Å². The average Bonchev–Trinajstić information content (AvgIpc) is 3.02. The average molecular weight is 429 g/mol. The van der Waals surface area contributed by atoms with Crippen LogP contribution in [0.4, 0.5) is 0 Å². The molecule has 0 aromatic heterocycles. The van der Waals surface area contributed by atoms with Crippen LogP contribution in [-0.4, -0.2) is 45.0 Å². The van der Waals surface area contributed by atoms with Crippen molar-refractivity contribution < 1.29 is 8.42 Å². The van der Waals surface area contributed by atoms with Gasteiger partial charge in [-0.1, -0.05) is 19.8 Å². The summed E-state index contributed by atoms with van der Waals surface area (Å²) in [4.78, 5) is 4.60. The van der Waals surface area contributed by atoms with E-state index < -0.39 is 9.84 Å². The van der Waals surface area contributed by atoms with Crippen LogP contribution < -0.4 is 10.6 Å². The van der Waals surface area contributed by atoms with Gasteiger partial charge in [0.25, 0.3) is 0 Å². The molecule has 1 unspecified atom stereocenters. The lowest BCUT2D eigenvalue weighted by molar-refractivity contribution is 0.580. The van der Waals surface area contributed by atoms with Crippen LogP contribution in [0.15, 0.2) is 4.99 Å². The summed E-state index contributed by atoms with van der Waals surface area (Å²) in [5, 5.41) is 6.82. The van der Waals surface area contributed by atoms with E-state index in [0.29, 0.717) is 24.1 Å². The van der Waals surface area contributed by atoms with E-state index in [0.717, 1.165) is 25.3 Å². The van der Waals surface area contributed by atoms with Crippen LogP contribution in [0.3, 0.4) is 0 Å². The van der Waals surface area contributed by atoms with E-state index in [1.54, 1.807) is 0 Å². The van der Waals surface area contributed by atoms with Crippen molar-refractivity contribution in [1.82, 2.24) is 10.6 Å². The molecule has 0 spiro atoms. The van der Waals surface area contributed by atoms with Gasteiger partial charge in [0.2, 0.25) is 0 Å². The van der Waals surface area contributed by atoms with Crippen LogP contribution in [-0.2, 0) is 9.84 Å². The van der Waals surface area contributed by atoms with Gasteiger partial charge in [0, 0.05) is 19.1 Å². The maximum Gasteiger partial charge on any atom is 0.191 e. The molecule has 5 nitrogen and oxygen atoms in total. The Morgan fingerprint density at radius 1 is 1.24 bits per heavy atom. The van der Waals surface area contributed by atoms with Gasteiger partial charge in [-0.2, -0.15) is 0 Å². The number of hydrogen-bond acceptors (Lipinski definition) is 3. The van der Waals surface area contributed by atoms with Gasteiger partial charge >= 0.3 is 0 Å². The lowest BCUT2D eigenvalue weighted by Crippen LogP contribution is -2.43. The van der Waals surface area contributed by atoms with Crippen LogP contribution in [0.5, 0.6) is 0 Å². The zero-order valence-electron chi connectivity index (χ0n) is 12.8. The molecule has 1 heterocycles. The summed E-state index contributed by atoms with van der Waals surface area (Å²) in [6.45, 7) is 3.65. The molecule has 7 heteroatoms. The fourth-order valence-corrected chi connectivity index (χ4v) is 4.75. The highest BCUT2D eigenvalue weighted by molar-refractivity contribution is 14.0. The number of halogens is 1. The van der Waals surface area contributed by atoms with Gasteiger partial charge in [0.05, 0.1) is 11.5 Å². The zero-order chi connectivity index (χ0) is 14.4. The van der Waals surface area contributed by atoms with Gasteiger partial charge in [-0.15, -0.1) is 24.0 Å². The van der Waals surface area contributed by atoms with Crippen molar-refractivity contribution in [3.8, 4) is 0 Å². The highest BCUT2D eigenvalue weighted by atomic mass is 127. The fourth-order valence-electron chi connectivity index (χ4n) is 2.90. The minimum atomic E-state index is -2.79. The Hall–Kier alpha value is -0.0500. The summed E-state index contributed by atoms with van der Waals surface area (Å²) >= 11 is 0. The molecular formula is C14H28IN3O2S. The van der Waals surface area contributed by atoms with Gasteiger partial charge in [0.15, 0.2) is 15.8 Å². The Kier molecular flexibility index (Phi) is 8.30. The first-order chi connectivity index (χ1) is 9.59. The first-order valence-corrected chi connectivity index (χ1v) is 9.66. The summed E-state index contributed by atoms with van der Waals surface area (Å²) in [5.74, 6) is 1.70. The second-order valence-corrected chi connectivity index (χ2v) is 8.24. The highest BCUT2D eigenvalue weighted by Gasteiger charge is 2.27. The number of nitrogens with one attached hydrogen (secondary N) is 2. The van der Waals surface area contributed by atoms with Crippen LogP contribution >= 0.6 is 24.0 Å². The third-order valence-electron chi connectivity index (χ3n) is 4.07. The monoisotopic (exact) mass is 429 g/mol. The van der Waals surface area contributed by atoms with Crippen LogP contribution in [0.1, 0.15) is 45.4 Å². The van der Waals surface area contributed by atoms with Crippen molar-refractivity contribution in [2.24, 2.45) is 10.9 Å². The Labute approximate surface area is 145 Å². The van der Waals surface area contributed by atoms with Crippen LogP contribution in [0, 0.1) is 5.92 Å². The van der Waals surface area contributed by atoms with Crippen molar-refractivity contribution in [2.45, 2.75) is 51.5 Å². The molecule has 0 bridgehead atoms. The molecule has 2 fully saturated rings. The van der Waals surface area contributed by atoms with Crippen molar-refractivity contribution in [1.29, 1.82) is 0 Å². The molecule has 0 amide bonds. The lowest BCUT2D eigenvalue weighted by Gasteiger charge is -2.17. The van der Waals surface area contributed by atoms with Gasteiger partial charge in [0.1, 0.15) is 0 Å². The molecule has 1 atom stereocenters. The van der Waals surface area contributed by atoms with Gasteiger partial charge < -0.3 is 10.6 Å². The molecule has 2 N–H and O–H groups in total. The molecule has 0 radical (unpaired) electrons. The maximum absolute atomic E-state index is 11.5. The molecule has 21 heavy (non-hydrogen) atoms. The molecule has 1 saturated heterocycles. The minimum Gasteiger partial charge on any atom is -0.356 e. The van der Waals surface area contributed by atoms with Crippen molar-refractivity contribution >= 4 is 39.8 Å². The Balaban J connectivity index is 0.00000220. The number of hydrogen-bond donors (Lipinski definition) is 2. The molecule has 0 aromatic carbocycles. The summed E-state index contributed by atoms with van der Waals surface area (Å²) in [7, 11) is -2.79. The number of rotatable bonds is 5. The molecule has 1 aliphatic heterocycles. The minimum absolute atomic E-state index is 0. The zero-order valence-corrected chi connectivity index (χ0v) is 16.0. The van der Waals surface area contributed by atoms with Crippen LogP contribution in [0.25, 0.3) is 0 Å². The summed E-state index contributed by atoms with van der Waals surface area (Å²) in [6, 6.07) is 0.533. The summed E-state index contributed by atoms with van der Waals surface area (Å²) in [5.41, 5.74) is 0. The fraction of sp³-hybridized carbons (Fsp3) is 0.929. The third kappa shape index (κ3) is 6.71. The molecule has 2 aliphatic rings. The summed E-state index contributed by atoms with van der Waals surface area (Å²) < 4.78 is 22.9. The normalized spacial score (nSPS) is 25.6. The van der Waals surface area contributed by atoms with Crippen LogP contribution in [0.2, 0.25) is 0 Å². The first kappa shape index (κ1) is 19.0. The second kappa shape index (κ2) is 9.17. The quantitative estimate of drug-likeness (QED) is 0.398. The Morgan fingerprint density at radius 2 is 1.95 bits per heavy atom. The molecule has 124 valence electrons. The molecular weight excluding hydrogens is 401 g/mol. The van der Waals surface area contributed by atoms with E-state index >= 15 is 0 Å². The topological polar surface area (TPSA) is 70.6 Å². The second-order valence-electron chi connectivity index (χ2n) is 6.01. The molecule has 0 aromatic rings. The molecule has 1 aliphatic carbocycles. The van der Waals surface area contributed by atoms with E-state index in [4.69, 9.17) is 0 Å². The van der Waals surface area contributed by atoms with E-state index in [-0.39, 0.29) is 29.9 Å². The molecule has 2 rings (SSSR count).